The van der Waals surface area contributed by atoms with E-state index in [9.17, 15) is 13.6 Å². The number of piperazine rings is 1. The Morgan fingerprint density at radius 1 is 1.22 bits per heavy atom. The van der Waals surface area contributed by atoms with Crippen LogP contribution < -0.4 is 30.7 Å². The fourth-order valence-electron chi connectivity index (χ4n) is 8.67. The van der Waals surface area contributed by atoms with Gasteiger partial charge in [0.15, 0.2) is 17.4 Å². The van der Waals surface area contributed by atoms with Crippen LogP contribution in [0.25, 0.3) is 22.0 Å². The molecule has 4 unspecified atom stereocenters. The lowest BCUT2D eigenvalue weighted by atomic mass is 9.69. The highest BCUT2D eigenvalue weighted by Gasteiger charge is 2.61. The van der Waals surface area contributed by atoms with Gasteiger partial charge in [0.25, 0.3) is 5.91 Å². The summed E-state index contributed by atoms with van der Waals surface area (Å²) in [6, 6.07) is 1.69. The smallest absolute Gasteiger partial charge is 0.387 e. The molecule has 7 heterocycles. The number of anilines is 2. The number of nitrogens with zero attached hydrogens (tertiary/aromatic N) is 3. The van der Waals surface area contributed by atoms with Gasteiger partial charge in [0, 0.05) is 48.1 Å². The van der Waals surface area contributed by atoms with Gasteiger partial charge in [-0.3, -0.25) is 4.79 Å². The zero-order valence-corrected chi connectivity index (χ0v) is 25.8. The molecule has 0 radical (unpaired) electrons. The first-order valence-electron chi connectivity index (χ1n) is 15.4. The average molecular weight is 643 g/mol. The molecule has 4 bridgehead atoms. The van der Waals surface area contributed by atoms with E-state index in [1.807, 2.05) is 13.8 Å². The molecular formula is C32H34F4N6O4. The molecule has 10 nitrogen and oxygen atoms in total. The highest BCUT2D eigenvalue weighted by Crippen LogP contribution is 2.52. The number of ether oxygens (including phenoxy) is 3. The van der Waals surface area contributed by atoms with Crippen LogP contribution in [-0.2, 0) is 4.74 Å². The maximum atomic E-state index is 17.1. The zero-order valence-electron chi connectivity index (χ0n) is 25.8. The predicted octanol–water partition coefficient (Wildman–Crippen LogP) is 4.60. The second-order valence-corrected chi connectivity index (χ2v) is 14.1. The maximum absolute atomic E-state index is 17.1. The number of aryl methyl sites for hydroxylation is 1. The lowest BCUT2D eigenvalue weighted by Gasteiger charge is -2.46. The van der Waals surface area contributed by atoms with Crippen molar-refractivity contribution in [1.29, 1.82) is 0 Å². The number of amides is 1. The number of fused-ring (bicyclic) bond motifs is 6. The number of benzene rings is 1. The molecule has 2 aromatic heterocycles. The molecule has 4 N–H and O–H groups in total. The molecular weight excluding hydrogens is 608 g/mol. The number of nitrogen functional groups attached to an aromatic ring is 1. The third kappa shape index (κ3) is 4.25. The molecule has 4 saturated heterocycles. The lowest BCUT2D eigenvalue weighted by Crippen LogP contribution is -2.66. The number of aromatic nitrogens is 2. The van der Waals surface area contributed by atoms with Crippen LogP contribution in [0.5, 0.6) is 11.6 Å². The van der Waals surface area contributed by atoms with Gasteiger partial charge in [-0.1, -0.05) is 0 Å². The molecule has 14 heteroatoms. The van der Waals surface area contributed by atoms with Crippen molar-refractivity contribution in [3.63, 3.8) is 0 Å². The molecule has 0 spiro atoms. The molecule has 6 aliphatic rings. The van der Waals surface area contributed by atoms with Crippen molar-refractivity contribution in [2.24, 2.45) is 0 Å². The number of rotatable bonds is 5. The lowest BCUT2D eigenvalue weighted by molar-refractivity contribution is -0.0518. The van der Waals surface area contributed by atoms with Crippen LogP contribution in [0, 0.1) is 18.6 Å². The van der Waals surface area contributed by atoms with E-state index in [4.69, 9.17) is 20.2 Å². The van der Waals surface area contributed by atoms with E-state index in [2.05, 4.69) is 32.2 Å². The third-order valence-electron chi connectivity index (χ3n) is 10.4. The molecule has 9 rings (SSSR count). The molecule has 46 heavy (non-hydrogen) atoms. The van der Waals surface area contributed by atoms with Gasteiger partial charge < -0.3 is 35.5 Å². The van der Waals surface area contributed by atoms with Crippen molar-refractivity contribution in [2.45, 2.75) is 94.9 Å². The number of halogens is 4. The Balaban J connectivity index is 1.38. The average Bonchev–Trinajstić information content (AvgIpc) is 3.54. The zero-order chi connectivity index (χ0) is 32.5. The largest absolute Gasteiger partial charge is 0.472 e. The Kier molecular flexibility index (Phi) is 6.13. The summed E-state index contributed by atoms with van der Waals surface area (Å²) < 4.78 is 75.8. The highest BCUT2D eigenvalue weighted by molar-refractivity contribution is 6.07. The summed E-state index contributed by atoms with van der Waals surface area (Å²) in [5, 5.41) is 7.01. The number of nitrogens with two attached hydrogens (primary N) is 1. The first kappa shape index (κ1) is 29.5. The predicted molar refractivity (Wildman–Crippen MR) is 160 cm³/mol. The monoisotopic (exact) mass is 642 g/mol. The van der Waals surface area contributed by atoms with Gasteiger partial charge in [-0.2, -0.15) is 8.78 Å². The number of carbonyl (C=O) groups is 1. The van der Waals surface area contributed by atoms with Crippen LogP contribution in [0.3, 0.4) is 0 Å². The summed E-state index contributed by atoms with van der Waals surface area (Å²) in [7, 11) is 0. The second-order valence-electron chi connectivity index (χ2n) is 14.1. The summed E-state index contributed by atoms with van der Waals surface area (Å²) in [4.78, 5) is 25.5. The fraction of sp³-hybridized carbons (Fsp3) is 0.531. The summed E-state index contributed by atoms with van der Waals surface area (Å²) in [5.74, 6) is -3.26. The third-order valence-corrected chi connectivity index (χ3v) is 10.4. The standard InChI is InChI=1S/C32H34F4N6O4/c1-13-19-20-26(38-22(13)27(43)41-32-9-31(4,10-32)44-12-32)42-11-30(3)6-5-18(40-30)24(42)14(2)45-28(20)39-23(21(19)34)16-7-15(37)8-17(33)25(16)46-29(35)36/h7-8,14,18,24,29,40H,5-6,9-12,37H2,1-4H3,(H,41,43). The number of pyridine rings is 2. The Hall–Kier alpha value is -3.91. The van der Waals surface area contributed by atoms with Gasteiger partial charge in [-0.15, -0.1) is 0 Å². The topological polar surface area (TPSA) is 124 Å². The van der Waals surface area contributed by atoms with Gasteiger partial charge in [0.2, 0.25) is 5.88 Å². The van der Waals surface area contributed by atoms with E-state index >= 15 is 8.78 Å². The van der Waals surface area contributed by atoms with Crippen LogP contribution in [0.1, 0.15) is 62.5 Å². The summed E-state index contributed by atoms with van der Waals surface area (Å²) in [6.45, 7) is 5.03. The van der Waals surface area contributed by atoms with Gasteiger partial charge in [0.05, 0.1) is 34.7 Å². The highest BCUT2D eigenvalue weighted by atomic mass is 19.3. The minimum Gasteiger partial charge on any atom is -0.472 e. The number of nitrogens with one attached hydrogen (secondary N) is 2. The number of hydrogen-bond acceptors (Lipinski definition) is 9. The van der Waals surface area contributed by atoms with Gasteiger partial charge >= 0.3 is 6.61 Å². The van der Waals surface area contributed by atoms with Crippen molar-refractivity contribution >= 4 is 28.2 Å². The van der Waals surface area contributed by atoms with Crippen molar-refractivity contribution in [1.82, 2.24) is 20.6 Å². The fourth-order valence-corrected chi connectivity index (χ4v) is 8.67. The molecule has 244 valence electrons. The van der Waals surface area contributed by atoms with E-state index in [0.29, 0.717) is 31.8 Å². The van der Waals surface area contributed by atoms with E-state index < -0.39 is 52.8 Å². The molecule has 1 aromatic carbocycles. The molecule has 1 aliphatic carbocycles. The van der Waals surface area contributed by atoms with Crippen LogP contribution in [0.2, 0.25) is 0 Å². The Bertz CT molecular complexity index is 1830. The van der Waals surface area contributed by atoms with Gasteiger partial charge in [-0.25, -0.2) is 18.7 Å². The van der Waals surface area contributed by atoms with Gasteiger partial charge in [-0.05, 0) is 52.2 Å². The summed E-state index contributed by atoms with van der Waals surface area (Å²) >= 11 is 0. The summed E-state index contributed by atoms with van der Waals surface area (Å²) in [6.07, 6.45) is 2.59. The molecule has 5 fully saturated rings. The molecule has 3 aromatic rings. The Morgan fingerprint density at radius 3 is 2.67 bits per heavy atom. The van der Waals surface area contributed by atoms with Crippen LogP contribution in [0.15, 0.2) is 12.1 Å². The minimum absolute atomic E-state index is 0.00604. The molecule has 4 atom stereocenters. The van der Waals surface area contributed by atoms with E-state index in [-0.39, 0.29) is 56.8 Å². The van der Waals surface area contributed by atoms with Crippen molar-refractivity contribution < 1.29 is 36.6 Å². The molecule has 5 aliphatic heterocycles. The van der Waals surface area contributed by atoms with Crippen molar-refractivity contribution in [3.05, 3.63) is 35.0 Å². The Morgan fingerprint density at radius 2 is 1.98 bits per heavy atom. The van der Waals surface area contributed by atoms with Crippen LogP contribution in [0.4, 0.5) is 29.1 Å². The number of alkyl halides is 2. The Labute approximate surface area is 262 Å². The maximum Gasteiger partial charge on any atom is 0.387 e. The minimum atomic E-state index is -3.40. The SMILES string of the molecule is Cc1c(C(=O)NC23COC(C)(C2)C3)nc2c3c(nc(-c4cc(N)cc(F)c4OC(F)F)c(F)c13)OC(C)C1C3CCC(C)(CN21)N3. The quantitative estimate of drug-likeness (QED) is 0.271. The second kappa shape index (κ2) is 9.57. The van der Waals surface area contributed by atoms with E-state index in [0.717, 1.165) is 25.0 Å². The van der Waals surface area contributed by atoms with Gasteiger partial charge in [0.1, 0.15) is 23.3 Å². The van der Waals surface area contributed by atoms with Crippen LogP contribution >= 0.6 is 0 Å². The first-order valence-corrected chi connectivity index (χ1v) is 15.4. The van der Waals surface area contributed by atoms with E-state index in [1.165, 1.54) is 0 Å². The van der Waals surface area contributed by atoms with Crippen molar-refractivity contribution in [2.75, 3.05) is 23.8 Å². The normalized spacial score (nSPS) is 32.2. The summed E-state index contributed by atoms with van der Waals surface area (Å²) in [5.41, 5.74) is 3.92. The number of hydrogen-bond donors (Lipinski definition) is 3. The van der Waals surface area contributed by atoms with Crippen LogP contribution in [-0.4, -0.2) is 70.5 Å². The molecule has 1 amide bonds. The van der Waals surface area contributed by atoms with E-state index in [1.54, 1.807) is 6.92 Å². The first-order chi connectivity index (χ1) is 21.7. The number of carbonyl (C=O) groups excluding carboxylic acids is 1. The molecule has 1 saturated carbocycles. The van der Waals surface area contributed by atoms with Crippen molar-refractivity contribution in [3.8, 4) is 22.9 Å².